The standard InChI is InChI=1S/C10H12ClNO2.ClH/c1-6-2-7(4-8(11)3-6)9(12)5-10(13)14;/h2-4,9H,5,12H2,1H3,(H,13,14);1H. The first-order chi connectivity index (χ1) is 6.49. The van der Waals surface area contributed by atoms with E-state index in [1.807, 2.05) is 13.0 Å². The maximum atomic E-state index is 10.4. The zero-order chi connectivity index (χ0) is 10.7. The van der Waals surface area contributed by atoms with E-state index in [1.165, 1.54) is 0 Å². The Bertz CT molecular complexity index is 335. The fourth-order valence-corrected chi connectivity index (χ4v) is 1.58. The Hall–Kier alpha value is -0.770. The molecule has 1 rings (SSSR count). The highest BCUT2D eigenvalue weighted by atomic mass is 35.5. The van der Waals surface area contributed by atoms with Gasteiger partial charge in [-0.1, -0.05) is 17.7 Å². The summed E-state index contributed by atoms with van der Waals surface area (Å²) in [6.45, 7) is 1.89. The maximum absolute atomic E-state index is 10.4. The van der Waals surface area contributed by atoms with Gasteiger partial charge in [0, 0.05) is 11.1 Å². The van der Waals surface area contributed by atoms with Crippen LogP contribution < -0.4 is 5.73 Å². The minimum atomic E-state index is -0.907. The van der Waals surface area contributed by atoms with Gasteiger partial charge in [-0.3, -0.25) is 4.79 Å². The average molecular weight is 250 g/mol. The van der Waals surface area contributed by atoms with Crippen LogP contribution in [0, 0.1) is 6.92 Å². The monoisotopic (exact) mass is 249 g/mol. The third kappa shape index (κ3) is 4.51. The zero-order valence-electron chi connectivity index (χ0n) is 8.24. The molecule has 0 aliphatic heterocycles. The number of carboxylic acid groups (broad SMARTS) is 1. The van der Waals surface area contributed by atoms with E-state index in [-0.39, 0.29) is 18.8 Å². The molecule has 84 valence electrons. The summed E-state index contributed by atoms with van der Waals surface area (Å²) in [5.41, 5.74) is 7.44. The number of carbonyl (C=O) groups is 1. The van der Waals surface area contributed by atoms with E-state index in [2.05, 4.69) is 0 Å². The third-order valence-electron chi connectivity index (χ3n) is 1.89. The van der Waals surface area contributed by atoms with Crippen LogP contribution in [0.3, 0.4) is 0 Å². The highest BCUT2D eigenvalue weighted by Crippen LogP contribution is 2.20. The van der Waals surface area contributed by atoms with Crippen molar-refractivity contribution in [2.24, 2.45) is 5.73 Å². The molecule has 0 saturated carbocycles. The van der Waals surface area contributed by atoms with Crippen LogP contribution in [0.4, 0.5) is 0 Å². The van der Waals surface area contributed by atoms with Crippen molar-refractivity contribution < 1.29 is 9.90 Å². The highest BCUT2D eigenvalue weighted by molar-refractivity contribution is 6.30. The Labute approximate surface area is 99.6 Å². The second-order valence-corrected chi connectivity index (χ2v) is 3.70. The quantitative estimate of drug-likeness (QED) is 0.866. The lowest BCUT2D eigenvalue weighted by Crippen LogP contribution is -2.15. The molecule has 3 nitrogen and oxygen atoms in total. The van der Waals surface area contributed by atoms with E-state index in [0.717, 1.165) is 11.1 Å². The van der Waals surface area contributed by atoms with Gasteiger partial charge in [-0.2, -0.15) is 0 Å². The Morgan fingerprint density at radius 1 is 1.53 bits per heavy atom. The molecule has 1 aromatic carbocycles. The summed E-state index contributed by atoms with van der Waals surface area (Å²) >= 11 is 5.83. The van der Waals surface area contributed by atoms with Gasteiger partial charge in [0.2, 0.25) is 0 Å². The number of carboxylic acids is 1. The first-order valence-electron chi connectivity index (χ1n) is 4.23. The second-order valence-electron chi connectivity index (χ2n) is 3.27. The summed E-state index contributed by atoms with van der Waals surface area (Å²) in [6, 6.07) is 4.85. The fraction of sp³-hybridized carbons (Fsp3) is 0.300. The number of aryl methyl sites for hydroxylation is 1. The van der Waals surface area contributed by atoms with Crippen molar-refractivity contribution in [2.45, 2.75) is 19.4 Å². The summed E-state index contributed by atoms with van der Waals surface area (Å²) < 4.78 is 0. The van der Waals surface area contributed by atoms with Crippen LogP contribution in [0.2, 0.25) is 5.02 Å². The zero-order valence-corrected chi connectivity index (χ0v) is 9.81. The minimum Gasteiger partial charge on any atom is -0.481 e. The molecule has 0 heterocycles. The number of hydrogen-bond donors (Lipinski definition) is 2. The molecule has 5 heteroatoms. The summed E-state index contributed by atoms with van der Waals surface area (Å²) in [5, 5.41) is 9.15. The smallest absolute Gasteiger partial charge is 0.305 e. The molecule has 15 heavy (non-hydrogen) atoms. The van der Waals surface area contributed by atoms with Gasteiger partial charge in [0.05, 0.1) is 6.42 Å². The molecule has 0 radical (unpaired) electrons. The highest BCUT2D eigenvalue weighted by Gasteiger charge is 2.11. The normalized spacial score (nSPS) is 11.7. The third-order valence-corrected chi connectivity index (χ3v) is 2.11. The van der Waals surface area contributed by atoms with Gasteiger partial charge in [0.1, 0.15) is 0 Å². The summed E-state index contributed by atoms with van der Waals surface area (Å²) in [4.78, 5) is 10.4. The first-order valence-corrected chi connectivity index (χ1v) is 4.61. The summed E-state index contributed by atoms with van der Waals surface area (Å²) in [6.07, 6.45) is -0.0835. The Morgan fingerprint density at radius 2 is 2.13 bits per heavy atom. The lowest BCUT2D eigenvalue weighted by Gasteiger charge is -2.10. The van der Waals surface area contributed by atoms with E-state index in [9.17, 15) is 4.79 Å². The Kier molecular flexibility index (Phi) is 5.65. The van der Waals surface area contributed by atoms with Gasteiger partial charge in [-0.25, -0.2) is 0 Å². The van der Waals surface area contributed by atoms with Crippen LogP contribution in [-0.4, -0.2) is 11.1 Å². The van der Waals surface area contributed by atoms with Crippen molar-refractivity contribution in [1.29, 1.82) is 0 Å². The molecular formula is C10H13Cl2NO2. The van der Waals surface area contributed by atoms with Crippen molar-refractivity contribution in [3.8, 4) is 0 Å². The SMILES string of the molecule is Cc1cc(Cl)cc(C(N)CC(=O)O)c1.Cl. The Morgan fingerprint density at radius 3 is 2.60 bits per heavy atom. The van der Waals surface area contributed by atoms with E-state index in [0.29, 0.717) is 5.02 Å². The van der Waals surface area contributed by atoms with E-state index in [4.69, 9.17) is 22.4 Å². The average Bonchev–Trinajstić information content (AvgIpc) is 2.00. The predicted octanol–water partition coefficient (Wildman–Crippen LogP) is 2.54. The second kappa shape index (κ2) is 5.95. The van der Waals surface area contributed by atoms with Crippen molar-refractivity contribution >= 4 is 30.0 Å². The van der Waals surface area contributed by atoms with E-state index >= 15 is 0 Å². The van der Waals surface area contributed by atoms with E-state index < -0.39 is 12.0 Å². The van der Waals surface area contributed by atoms with Crippen molar-refractivity contribution in [3.05, 3.63) is 34.3 Å². The molecule has 1 atom stereocenters. The molecule has 0 aliphatic carbocycles. The Balaban J connectivity index is 0.00000196. The van der Waals surface area contributed by atoms with Gasteiger partial charge in [-0.05, 0) is 30.2 Å². The molecule has 1 unspecified atom stereocenters. The topological polar surface area (TPSA) is 63.3 Å². The van der Waals surface area contributed by atoms with Crippen molar-refractivity contribution in [1.82, 2.24) is 0 Å². The van der Waals surface area contributed by atoms with Crippen molar-refractivity contribution in [2.75, 3.05) is 0 Å². The molecule has 0 amide bonds. The van der Waals surface area contributed by atoms with Gasteiger partial charge >= 0.3 is 5.97 Å². The van der Waals surface area contributed by atoms with Crippen LogP contribution >= 0.6 is 24.0 Å². The number of hydrogen-bond acceptors (Lipinski definition) is 2. The van der Waals surface area contributed by atoms with Gasteiger partial charge in [0.25, 0.3) is 0 Å². The molecule has 0 aromatic heterocycles. The summed E-state index contributed by atoms with van der Waals surface area (Å²) in [5.74, 6) is -0.907. The molecule has 0 bridgehead atoms. The molecule has 3 N–H and O–H groups in total. The van der Waals surface area contributed by atoms with Gasteiger partial charge < -0.3 is 10.8 Å². The fourth-order valence-electron chi connectivity index (χ4n) is 1.28. The van der Waals surface area contributed by atoms with Gasteiger partial charge in [0.15, 0.2) is 0 Å². The molecule has 0 spiro atoms. The van der Waals surface area contributed by atoms with Crippen LogP contribution in [0.5, 0.6) is 0 Å². The molecule has 0 aliphatic rings. The molecule has 1 aromatic rings. The van der Waals surface area contributed by atoms with Crippen LogP contribution in [-0.2, 0) is 4.79 Å². The number of rotatable bonds is 3. The number of benzene rings is 1. The molecule has 0 fully saturated rings. The number of nitrogens with two attached hydrogens (primary N) is 1. The summed E-state index contributed by atoms with van der Waals surface area (Å²) in [7, 11) is 0. The first kappa shape index (κ1) is 14.2. The largest absolute Gasteiger partial charge is 0.481 e. The maximum Gasteiger partial charge on any atom is 0.305 e. The van der Waals surface area contributed by atoms with Crippen LogP contribution in [0.1, 0.15) is 23.6 Å². The van der Waals surface area contributed by atoms with Crippen LogP contribution in [0.15, 0.2) is 18.2 Å². The van der Waals surface area contributed by atoms with Crippen molar-refractivity contribution in [3.63, 3.8) is 0 Å². The number of aliphatic carboxylic acids is 1. The number of halogens is 2. The lowest BCUT2D eigenvalue weighted by atomic mass is 10.0. The lowest BCUT2D eigenvalue weighted by molar-refractivity contribution is -0.137. The molecule has 0 saturated heterocycles. The predicted molar refractivity (Wildman–Crippen MR) is 62.6 cm³/mol. The molecular weight excluding hydrogens is 237 g/mol. The van der Waals surface area contributed by atoms with Crippen LogP contribution in [0.25, 0.3) is 0 Å². The van der Waals surface area contributed by atoms with E-state index in [1.54, 1.807) is 12.1 Å². The minimum absolute atomic E-state index is 0. The van der Waals surface area contributed by atoms with Gasteiger partial charge in [-0.15, -0.1) is 12.4 Å².